The topological polar surface area (TPSA) is 64.8 Å². The molecule has 1 aromatic heterocycles. The minimum atomic E-state index is 0.160. The van der Waals surface area contributed by atoms with Crippen LogP contribution in [0.3, 0.4) is 0 Å². The largest absolute Gasteiger partial charge is 0.493 e. The highest BCUT2D eigenvalue weighted by atomic mass is 16.5. The van der Waals surface area contributed by atoms with Crippen LogP contribution in [-0.2, 0) is 17.6 Å². The lowest BCUT2D eigenvalue weighted by molar-refractivity contribution is -0.131. The van der Waals surface area contributed by atoms with Gasteiger partial charge in [-0.25, -0.2) is 0 Å². The maximum absolute atomic E-state index is 12.8. The van der Waals surface area contributed by atoms with E-state index in [1.807, 2.05) is 11.0 Å². The maximum Gasteiger partial charge on any atom is 0.254 e. The fourth-order valence-corrected chi connectivity index (χ4v) is 3.69. The summed E-state index contributed by atoms with van der Waals surface area (Å²) < 4.78 is 16.3. The lowest BCUT2D eigenvalue weighted by atomic mass is 10.0. The van der Waals surface area contributed by atoms with Crippen LogP contribution in [0, 0.1) is 0 Å². The molecule has 1 aromatic carbocycles. The van der Waals surface area contributed by atoms with Crippen molar-refractivity contribution < 1.29 is 18.8 Å². The Kier molecular flexibility index (Phi) is 8.40. The minimum absolute atomic E-state index is 0.160. The zero-order valence-corrected chi connectivity index (χ0v) is 17.4. The Morgan fingerprint density at radius 1 is 1.10 bits per heavy atom. The monoisotopic (exact) mass is 400 g/mol. The van der Waals surface area contributed by atoms with E-state index in [0.29, 0.717) is 31.1 Å². The minimum Gasteiger partial charge on any atom is -0.493 e. The first kappa shape index (κ1) is 21.2. The lowest BCUT2D eigenvalue weighted by Crippen LogP contribution is -2.33. The molecule has 6 nitrogen and oxygen atoms in total. The molecule has 0 saturated heterocycles. The van der Waals surface area contributed by atoms with E-state index in [-0.39, 0.29) is 5.91 Å². The molecule has 0 spiro atoms. The van der Waals surface area contributed by atoms with Gasteiger partial charge >= 0.3 is 0 Å². The van der Waals surface area contributed by atoms with Crippen LogP contribution in [0.15, 0.2) is 34.9 Å². The van der Waals surface area contributed by atoms with E-state index < -0.39 is 0 Å². The number of hydrogen-bond acceptors (Lipinski definition) is 5. The predicted octanol–water partition coefficient (Wildman–Crippen LogP) is 4.42. The Bertz CT molecular complexity index is 759. The molecule has 0 saturated carbocycles. The van der Waals surface area contributed by atoms with Gasteiger partial charge in [-0.3, -0.25) is 4.79 Å². The summed E-state index contributed by atoms with van der Waals surface area (Å²) in [5.41, 5.74) is 1.29. The number of benzene rings is 1. The number of ether oxygens (including phenoxy) is 2. The second kappa shape index (κ2) is 11.5. The molecule has 1 aliphatic rings. The highest BCUT2D eigenvalue weighted by molar-refractivity contribution is 5.76. The van der Waals surface area contributed by atoms with E-state index >= 15 is 0 Å². The quantitative estimate of drug-likeness (QED) is 0.760. The van der Waals surface area contributed by atoms with Crippen molar-refractivity contribution in [2.45, 2.75) is 57.8 Å². The van der Waals surface area contributed by atoms with Crippen molar-refractivity contribution >= 4 is 5.91 Å². The molecule has 158 valence electrons. The number of hydrogen-bond donors (Lipinski definition) is 0. The van der Waals surface area contributed by atoms with E-state index in [9.17, 15) is 4.79 Å². The van der Waals surface area contributed by atoms with E-state index in [2.05, 4.69) is 23.4 Å². The number of rotatable bonds is 4. The number of nitrogens with zero attached hydrogens (tertiary/aromatic N) is 2. The van der Waals surface area contributed by atoms with Gasteiger partial charge in [0.05, 0.1) is 13.7 Å². The molecular formula is C23H32N2O4. The van der Waals surface area contributed by atoms with E-state index in [4.69, 9.17) is 14.0 Å². The average Bonchev–Trinajstić information content (AvgIpc) is 3.21. The summed E-state index contributed by atoms with van der Waals surface area (Å²) in [6.07, 6.45) is 8.70. The van der Waals surface area contributed by atoms with Gasteiger partial charge in [-0.1, -0.05) is 37.5 Å². The van der Waals surface area contributed by atoms with Gasteiger partial charge in [-0.05, 0) is 42.5 Å². The number of carbonyl (C=O) groups excluding carboxylic acids is 1. The van der Waals surface area contributed by atoms with Crippen molar-refractivity contribution in [3.8, 4) is 11.6 Å². The number of aromatic nitrogens is 1. The first-order valence-electron chi connectivity index (χ1n) is 10.7. The summed E-state index contributed by atoms with van der Waals surface area (Å²) in [4.78, 5) is 14.8. The van der Waals surface area contributed by atoms with Crippen LogP contribution in [0.25, 0.3) is 0 Å². The molecule has 29 heavy (non-hydrogen) atoms. The van der Waals surface area contributed by atoms with E-state index in [0.717, 1.165) is 38.1 Å². The molecule has 3 rings (SSSR count). The zero-order valence-electron chi connectivity index (χ0n) is 17.4. The maximum atomic E-state index is 12.8. The smallest absolute Gasteiger partial charge is 0.254 e. The second-order valence-corrected chi connectivity index (χ2v) is 7.54. The fourth-order valence-electron chi connectivity index (χ4n) is 3.69. The predicted molar refractivity (Wildman–Crippen MR) is 111 cm³/mol. The molecule has 0 bridgehead atoms. The zero-order chi connectivity index (χ0) is 20.3. The van der Waals surface area contributed by atoms with Crippen molar-refractivity contribution in [2.75, 3.05) is 26.8 Å². The first-order chi connectivity index (χ1) is 14.3. The molecule has 2 heterocycles. The van der Waals surface area contributed by atoms with Crippen molar-refractivity contribution in [3.05, 3.63) is 41.7 Å². The molecule has 6 heteroatoms. The number of carbonyl (C=O) groups is 1. The van der Waals surface area contributed by atoms with Crippen LogP contribution in [0.1, 0.15) is 56.3 Å². The van der Waals surface area contributed by atoms with Crippen molar-refractivity contribution in [2.24, 2.45) is 0 Å². The van der Waals surface area contributed by atoms with Crippen LogP contribution in [-0.4, -0.2) is 42.8 Å². The summed E-state index contributed by atoms with van der Waals surface area (Å²) in [6.45, 7) is 2.16. The Hall–Kier alpha value is -2.50. The summed E-state index contributed by atoms with van der Waals surface area (Å²) in [7, 11) is 1.55. The van der Waals surface area contributed by atoms with Gasteiger partial charge in [-0.2, -0.15) is 0 Å². The average molecular weight is 401 g/mol. The van der Waals surface area contributed by atoms with Crippen LogP contribution >= 0.6 is 0 Å². The highest BCUT2D eigenvalue weighted by Gasteiger charge is 2.15. The van der Waals surface area contributed by atoms with E-state index in [1.165, 1.54) is 31.2 Å². The van der Waals surface area contributed by atoms with Gasteiger partial charge < -0.3 is 18.9 Å². The molecule has 1 aliphatic heterocycles. The molecule has 2 aromatic rings. The van der Waals surface area contributed by atoms with Gasteiger partial charge in [0.1, 0.15) is 11.5 Å². The molecule has 0 fully saturated rings. The van der Waals surface area contributed by atoms with Crippen LogP contribution in [0.4, 0.5) is 0 Å². The normalized spacial score (nSPS) is 16.4. The van der Waals surface area contributed by atoms with Gasteiger partial charge in [0.2, 0.25) is 5.91 Å². The fraction of sp³-hybridized carbons (Fsp3) is 0.565. The third-order valence-corrected chi connectivity index (χ3v) is 5.36. The van der Waals surface area contributed by atoms with Gasteiger partial charge in [0.15, 0.2) is 0 Å². The summed E-state index contributed by atoms with van der Waals surface area (Å²) >= 11 is 0. The molecule has 1 amide bonds. The molecule has 0 atom stereocenters. The Morgan fingerprint density at radius 3 is 2.76 bits per heavy atom. The number of aryl methyl sites for hydroxylation is 2. The van der Waals surface area contributed by atoms with Crippen molar-refractivity contribution in [1.29, 1.82) is 0 Å². The molecule has 0 radical (unpaired) electrons. The molecule has 0 unspecified atom stereocenters. The summed E-state index contributed by atoms with van der Waals surface area (Å²) in [5.74, 6) is 2.27. The molecule has 0 N–H and O–H groups in total. The Morgan fingerprint density at radius 2 is 1.90 bits per heavy atom. The number of methoxy groups -OCH3 is 1. The van der Waals surface area contributed by atoms with Crippen molar-refractivity contribution in [1.82, 2.24) is 10.1 Å². The second-order valence-electron chi connectivity index (χ2n) is 7.54. The van der Waals surface area contributed by atoms with Crippen LogP contribution < -0.4 is 9.47 Å². The standard InChI is InChI=1S/C23H32N2O4/c1-27-22-18-20(29-24-22)13-14-23(26)25-15-8-4-2-3-5-10-19-11-6-7-12-21(19)28-17-9-16-25/h6-7,11-12,18H,2-5,8-10,13-17H2,1H3. The number of para-hydroxylation sites is 1. The number of fused-ring (bicyclic) bond motifs is 1. The number of amides is 1. The van der Waals surface area contributed by atoms with E-state index in [1.54, 1.807) is 13.2 Å². The lowest BCUT2D eigenvalue weighted by Gasteiger charge is -2.23. The Labute approximate surface area is 173 Å². The summed E-state index contributed by atoms with van der Waals surface area (Å²) in [5, 5.41) is 3.79. The highest BCUT2D eigenvalue weighted by Crippen LogP contribution is 2.21. The van der Waals surface area contributed by atoms with Crippen LogP contribution in [0.5, 0.6) is 11.6 Å². The third-order valence-electron chi connectivity index (χ3n) is 5.36. The van der Waals surface area contributed by atoms with Crippen molar-refractivity contribution in [3.63, 3.8) is 0 Å². The van der Waals surface area contributed by atoms with Crippen LogP contribution in [0.2, 0.25) is 0 Å². The van der Waals surface area contributed by atoms with Gasteiger partial charge in [0.25, 0.3) is 5.88 Å². The summed E-state index contributed by atoms with van der Waals surface area (Å²) in [6, 6.07) is 10.1. The third kappa shape index (κ3) is 6.80. The van der Waals surface area contributed by atoms with Gasteiger partial charge in [-0.15, -0.1) is 0 Å². The van der Waals surface area contributed by atoms with Gasteiger partial charge in [0, 0.05) is 32.0 Å². The molecular weight excluding hydrogens is 368 g/mol. The SMILES string of the molecule is COc1cc(CCC(=O)N2CCCCCCCc3ccccc3OCCC2)on1. The first-order valence-corrected chi connectivity index (χ1v) is 10.7. The molecule has 0 aliphatic carbocycles. The Balaban J connectivity index is 1.54.